The van der Waals surface area contributed by atoms with Gasteiger partial charge >= 0.3 is 0 Å². The van der Waals surface area contributed by atoms with Gasteiger partial charge in [-0.15, -0.1) is 22.7 Å². The third-order valence-corrected chi connectivity index (χ3v) is 8.81. The van der Waals surface area contributed by atoms with Gasteiger partial charge in [0.25, 0.3) is 0 Å². The third-order valence-electron chi connectivity index (χ3n) is 6.61. The van der Waals surface area contributed by atoms with E-state index in [9.17, 15) is 0 Å². The van der Waals surface area contributed by atoms with E-state index in [0.717, 1.165) is 12.8 Å². The summed E-state index contributed by atoms with van der Waals surface area (Å²) in [4.78, 5) is 1.48. The van der Waals surface area contributed by atoms with E-state index < -0.39 is 0 Å². The molecule has 0 unspecified atom stereocenters. The Morgan fingerprint density at radius 1 is 0.594 bits per heavy atom. The third kappa shape index (κ3) is 3.62. The monoisotopic (exact) mass is 450 g/mol. The second-order valence-corrected chi connectivity index (χ2v) is 10.9. The average Bonchev–Trinajstić information content (AvgIpc) is 3.48. The summed E-state index contributed by atoms with van der Waals surface area (Å²) in [5.74, 6) is 0. The van der Waals surface area contributed by atoms with Gasteiger partial charge in [0.1, 0.15) is 0 Å². The first-order valence-electron chi connectivity index (χ1n) is 11.6. The van der Waals surface area contributed by atoms with Gasteiger partial charge in [-0.1, -0.05) is 61.9 Å². The van der Waals surface area contributed by atoms with E-state index in [0.29, 0.717) is 0 Å². The van der Waals surface area contributed by atoms with Crippen LogP contribution in [0.25, 0.3) is 41.7 Å². The van der Waals surface area contributed by atoms with Gasteiger partial charge in [-0.05, 0) is 88.0 Å². The molecule has 0 saturated carbocycles. The van der Waals surface area contributed by atoms with Crippen molar-refractivity contribution in [3.63, 3.8) is 0 Å². The summed E-state index contributed by atoms with van der Waals surface area (Å²) in [7, 11) is 0. The summed E-state index contributed by atoms with van der Waals surface area (Å²) >= 11 is 3.82. The minimum absolute atomic E-state index is 1.11. The molecular weight excluding hydrogens is 424 g/mol. The zero-order chi connectivity index (χ0) is 21.5. The molecule has 32 heavy (non-hydrogen) atoms. The van der Waals surface area contributed by atoms with E-state index in [4.69, 9.17) is 0 Å². The van der Waals surface area contributed by atoms with E-state index in [1.807, 2.05) is 22.7 Å². The quantitative estimate of drug-likeness (QED) is 0.222. The lowest BCUT2D eigenvalue weighted by atomic mass is 10.0. The smallest absolute Gasteiger partial charge is 0.0424 e. The molecule has 6 rings (SSSR count). The molecule has 2 heterocycles. The lowest BCUT2D eigenvalue weighted by Crippen LogP contribution is -1.90. The summed E-state index contributed by atoms with van der Waals surface area (Å²) in [6, 6.07) is 27.8. The fourth-order valence-corrected chi connectivity index (χ4v) is 6.88. The molecule has 0 aliphatic rings. The molecule has 0 aliphatic heterocycles. The fourth-order valence-electron chi connectivity index (χ4n) is 4.77. The Labute approximate surface area is 197 Å². The number of fused-ring (bicyclic) bond motifs is 6. The zero-order valence-electron chi connectivity index (χ0n) is 18.4. The maximum Gasteiger partial charge on any atom is 0.0424 e. The number of hydrogen-bond donors (Lipinski definition) is 0. The Morgan fingerprint density at radius 2 is 1.25 bits per heavy atom. The number of hydrogen-bond acceptors (Lipinski definition) is 2. The second kappa shape index (κ2) is 8.35. The van der Waals surface area contributed by atoms with Gasteiger partial charge in [-0.2, -0.15) is 0 Å². The van der Waals surface area contributed by atoms with Crippen molar-refractivity contribution < 1.29 is 0 Å². The second-order valence-electron chi connectivity index (χ2n) is 8.82. The first kappa shape index (κ1) is 20.0. The standard InChI is InChI=1S/C30H26S2/c1-2-3-4-20-5-7-21(8-6-20)9-14-26-17-25-13-12-24-18-27-23(19-28(24)30(25)32-26)11-10-22-15-16-31-29(22)27/h5-8,10-13,15-19H,2-4,9,14H2,1H3. The van der Waals surface area contributed by atoms with E-state index in [-0.39, 0.29) is 0 Å². The summed E-state index contributed by atoms with van der Waals surface area (Å²) in [5.41, 5.74) is 2.91. The van der Waals surface area contributed by atoms with E-state index in [2.05, 4.69) is 85.1 Å². The maximum atomic E-state index is 2.40. The van der Waals surface area contributed by atoms with Gasteiger partial charge in [0.2, 0.25) is 0 Å². The van der Waals surface area contributed by atoms with Crippen molar-refractivity contribution in [3.05, 3.63) is 94.2 Å². The predicted octanol–water partition coefficient (Wildman–Crippen LogP) is 9.55. The molecule has 158 valence electrons. The number of unbranched alkanes of at least 4 members (excludes halogenated alkanes) is 1. The van der Waals surface area contributed by atoms with Crippen LogP contribution in [-0.4, -0.2) is 0 Å². The highest BCUT2D eigenvalue weighted by Crippen LogP contribution is 2.38. The van der Waals surface area contributed by atoms with Gasteiger partial charge in [0.15, 0.2) is 0 Å². The van der Waals surface area contributed by atoms with Crippen molar-refractivity contribution in [1.82, 2.24) is 0 Å². The lowest BCUT2D eigenvalue weighted by molar-refractivity contribution is 0.794. The van der Waals surface area contributed by atoms with E-state index >= 15 is 0 Å². The van der Waals surface area contributed by atoms with E-state index in [1.54, 1.807) is 0 Å². The van der Waals surface area contributed by atoms with Crippen LogP contribution in [0.5, 0.6) is 0 Å². The zero-order valence-corrected chi connectivity index (χ0v) is 20.0. The summed E-state index contributed by atoms with van der Waals surface area (Å²) in [6.45, 7) is 2.26. The highest BCUT2D eigenvalue weighted by Gasteiger charge is 2.10. The Kier molecular flexibility index (Phi) is 5.21. The van der Waals surface area contributed by atoms with E-state index in [1.165, 1.54) is 77.0 Å². The molecular formula is C30H26S2. The molecule has 0 spiro atoms. The highest BCUT2D eigenvalue weighted by molar-refractivity contribution is 7.20. The Hall–Kier alpha value is -2.68. The van der Waals surface area contributed by atoms with Gasteiger partial charge < -0.3 is 0 Å². The van der Waals surface area contributed by atoms with Gasteiger partial charge in [0, 0.05) is 25.0 Å². The summed E-state index contributed by atoms with van der Waals surface area (Å²) in [5, 5.41) is 10.4. The molecule has 0 amide bonds. The van der Waals surface area contributed by atoms with Gasteiger partial charge in [-0.25, -0.2) is 0 Å². The molecule has 0 radical (unpaired) electrons. The molecule has 2 aromatic heterocycles. The van der Waals surface area contributed by atoms with Crippen molar-refractivity contribution >= 4 is 64.4 Å². The topological polar surface area (TPSA) is 0 Å². The van der Waals surface area contributed by atoms with Crippen molar-refractivity contribution in [1.29, 1.82) is 0 Å². The molecule has 0 atom stereocenters. The van der Waals surface area contributed by atoms with Crippen LogP contribution in [0.1, 0.15) is 35.8 Å². The fraction of sp³-hybridized carbons (Fsp3) is 0.200. The number of thiophene rings is 2. The van der Waals surface area contributed by atoms with Crippen LogP contribution in [0.4, 0.5) is 0 Å². The first-order valence-corrected chi connectivity index (χ1v) is 13.3. The number of rotatable bonds is 6. The average molecular weight is 451 g/mol. The highest BCUT2D eigenvalue weighted by atomic mass is 32.1. The summed E-state index contributed by atoms with van der Waals surface area (Å²) < 4.78 is 2.83. The maximum absolute atomic E-state index is 2.40. The largest absolute Gasteiger partial charge is 0.143 e. The van der Waals surface area contributed by atoms with Crippen LogP contribution in [0.15, 0.2) is 78.2 Å². The minimum atomic E-state index is 1.11. The molecule has 0 fully saturated rings. The van der Waals surface area contributed by atoms with Crippen molar-refractivity contribution in [2.24, 2.45) is 0 Å². The van der Waals surface area contributed by atoms with Crippen molar-refractivity contribution in [2.75, 3.05) is 0 Å². The lowest BCUT2D eigenvalue weighted by Gasteiger charge is -2.05. The molecule has 6 aromatic rings. The van der Waals surface area contributed by atoms with Gasteiger partial charge in [-0.3, -0.25) is 0 Å². The van der Waals surface area contributed by atoms with Crippen LogP contribution in [-0.2, 0) is 19.3 Å². The molecule has 0 N–H and O–H groups in total. The Morgan fingerprint density at radius 3 is 2.00 bits per heavy atom. The Balaban J connectivity index is 1.31. The molecule has 0 saturated heterocycles. The van der Waals surface area contributed by atoms with Crippen LogP contribution < -0.4 is 0 Å². The predicted molar refractivity (Wildman–Crippen MR) is 145 cm³/mol. The first-order chi connectivity index (χ1) is 15.8. The minimum Gasteiger partial charge on any atom is -0.143 e. The normalized spacial score (nSPS) is 11.9. The molecule has 4 aromatic carbocycles. The van der Waals surface area contributed by atoms with Crippen LogP contribution in [0.3, 0.4) is 0 Å². The SMILES string of the molecule is CCCCc1ccc(CCc2cc3ccc4cc5c(ccc6ccsc65)cc4c3s2)cc1. The molecule has 0 nitrogen and oxygen atoms in total. The van der Waals surface area contributed by atoms with Crippen LogP contribution in [0.2, 0.25) is 0 Å². The molecule has 2 heteroatoms. The molecule has 0 aliphatic carbocycles. The van der Waals surface area contributed by atoms with Crippen LogP contribution in [0, 0.1) is 0 Å². The summed E-state index contributed by atoms with van der Waals surface area (Å²) in [6.07, 6.45) is 5.96. The number of benzene rings is 4. The van der Waals surface area contributed by atoms with Crippen molar-refractivity contribution in [3.8, 4) is 0 Å². The number of aryl methyl sites for hydroxylation is 3. The van der Waals surface area contributed by atoms with Crippen molar-refractivity contribution in [2.45, 2.75) is 39.0 Å². The van der Waals surface area contributed by atoms with Gasteiger partial charge in [0.05, 0.1) is 0 Å². The van der Waals surface area contributed by atoms with Crippen LogP contribution >= 0.6 is 22.7 Å². The molecule has 0 bridgehead atoms. The Bertz CT molecular complexity index is 1550.